The van der Waals surface area contributed by atoms with Crippen molar-refractivity contribution in [1.82, 2.24) is 10.6 Å². The Morgan fingerprint density at radius 1 is 1.27 bits per heavy atom. The van der Waals surface area contributed by atoms with Crippen LogP contribution in [0.3, 0.4) is 0 Å². The first kappa shape index (κ1) is 17.0. The zero-order valence-electron chi connectivity index (χ0n) is 13.6. The monoisotopic (exact) mass is 314 g/mol. The molecule has 2 saturated carbocycles. The van der Waals surface area contributed by atoms with Gasteiger partial charge in [-0.3, -0.25) is 4.79 Å². The smallest absolute Gasteiger partial charge is 0.408 e. The van der Waals surface area contributed by atoms with Crippen LogP contribution in [0.2, 0.25) is 0 Å². The number of hydrogen-bond acceptors (Lipinski definition) is 5. The third kappa shape index (κ3) is 4.10. The van der Waals surface area contributed by atoms with E-state index in [-0.39, 0.29) is 12.1 Å². The fourth-order valence-electron chi connectivity index (χ4n) is 2.58. The second-order valence-corrected chi connectivity index (χ2v) is 7.23. The molecule has 22 heavy (non-hydrogen) atoms. The van der Waals surface area contributed by atoms with Crippen molar-refractivity contribution in [3.05, 3.63) is 0 Å². The number of ether oxygens (including phenoxy) is 2. The van der Waals surface area contributed by atoms with Gasteiger partial charge in [-0.05, 0) is 33.6 Å². The van der Waals surface area contributed by atoms with Gasteiger partial charge in [-0.1, -0.05) is 0 Å². The number of hydrogen-bond donors (Lipinski definition) is 3. The van der Waals surface area contributed by atoms with Gasteiger partial charge >= 0.3 is 6.09 Å². The Morgan fingerprint density at radius 2 is 1.86 bits per heavy atom. The summed E-state index contributed by atoms with van der Waals surface area (Å²) < 4.78 is 10.4. The Labute approximate surface area is 130 Å². The molecule has 0 aromatic carbocycles. The third-order valence-electron chi connectivity index (χ3n) is 3.96. The van der Waals surface area contributed by atoms with Crippen LogP contribution in [0.25, 0.3) is 0 Å². The van der Waals surface area contributed by atoms with Crippen LogP contribution in [0.4, 0.5) is 4.79 Å². The second kappa shape index (κ2) is 6.04. The summed E-state index contributed by atoms with van der Waals surface area (Å²) in [6, 6.07) is 0.152. The average molecular weight is 314 g/mol. The molecule has 2 aliphatic rings. The molecule has 7 heteroatoms. The van der Waals surface area contributed by atoms with E-state index in [1.807, 2.05) is 0 Å². The van der Waals surface area contributed by atoms with Gasteiger partial charge < -0.3 is 25.2 Å². The summed E-state index contributed by atoms with van der Waals surface area (Å²) >= 11 is 0. The normalized spacial score (nSPS) is 29.2. The molecule has 2 rings (SSSR count). The maximum Gasteiger partial charge on any atom is 0.408 e. The van der Waals surface area contributed by atoms with E-state index in [9.17, 15) is 14.7 Å². The molecule has 0 aromatic heterocycles. The molecule has 0 aromatic rings. The predicted octanol–water partition coefficient (Wildman–Crippen LogP) is 0.698. The van der Waals surface area contributed by atoms with Crippen molar-refractivity contribution in [3.63, 3.8) is 0 Å². The minimum Gasteiger partial charge on any atom is -0.444 e. The summed E-state index contributed by atoms with van der Waals surface area (Å²) in [6.45, 7) is 5.27. The topological polar surface area (TPSA) is 96.9 Å². The van der Waals surface area contributed by atoms with E-state index in [1.54, 1.807) is 27.9 Å². The number of alkyl carbamates (subject to hydrolysis) is 1. The van der Waals surface area contributed by atoms with E-state index in [4.69, 9.17) is 9.47 Å². The van der Waals surface area contributed by atoms with Crippen molar-refractivity contribution in [2.24, 2.45) is 0 Å². The molecule has 2 fully saturated rings. The number of aliphatic hydroxyl groups excluding tert-OH is 1. The second-order valence-electron chi connectivity index (χ2n) is 7.23. The maximum absolute atomic E-state index is 12.1. The number of nitrogens with one attached hydrogen (secondary N) is 2. The highest BCUT2D eigenvalue weighted by Gasteiger charge is 2.54. The minimum absolute atomic E-state index is 0.0849. The summed E-state index contributed by atoms with van der Waals surface area (Å²) in [5.74, 6) is -0.451. The highest BCUT2D eigenvalue weighted by molar-refractivity contribution is 5.84. The number of aliphatic hydroxyl groups is 1. The lowest BCUT2D eigenvalue weighted by Crippen LogP contribution is -2.69. The fourth-order valence-corrected chi connectivity index (χ4v) is 2.58. The van der Waals surface area contributed by atoms with Crippen LogP contribution in [-0.4, -0.2) is 53.6 Å². The van der Waals surface area contributed by atoms with Crippen molar-refractivity contribution < 1.29 is 24.2 Å². The van der Waals surface area contributed by atoms with Gasteiger partial charge in [0.2, 0.25) is 0 Å². The van der Waals surface area contributed by atoms with Gasteiger partial charge in [0, 0.05) is 26.0 Å². The van der Waals surface area contributed by atoms with Gasteiger partial charge in [0.15, 0.2) is 6.10 Å². The lowest BCUT2D eigenvalue weighted by atomic mass is 9.70. The van der Waals surface area contributed by atoms with E-state index >= 15 is 0 Å². The van der Waals surface area contributed by atoms with Crippen LogP contribution in [0.1, 0.15) is 46.5 Å². The van der Waals surface area contributed by atoms with E-state index < -0.39 is 29.2 Å². The van der Waals surface area contributed by atoms with E-state index in [2.05, 4.69) is 10.6 Å². The van der Waals surface area contributed by atoms with Gasteiger partial charge in [-0.2, -0.15) is 0 Å². The molecule has 0 radical (unpaired) electrons. The summed E-state index contributed by atoms with van der Waals surface area (Å²) in [7, 11) is 1.57. The fraction of sp³-hybridized carbons (Fsp3) is 0.867. The minimum atomic E-state index is -1.31. The molecular weight excluding hydrogens is 288 g/mol. The van der Waals surface area contributed by atoms with Gasteiger partial charge in [-0.15, -0.1) is 0 Å². The number of carbonyl (C=O) groups excluding carboxylic acids is 2. The van der Waals surface area contributed by atoms with Crippen molar-refractivity contribution in [3.8, 4) is 0 Å². The Kier molecular flexibility index (Phi) is 4.67. The standard InChI is InChI=1S/C15H26N2O5/c1-14(2,3)22-13(20)17-15(7-10(8-15)21-4)11(18)12(19)16-9-5-6-9/h9-11,18H,5-8H2,1-4H3,(H,16,19)(H,17,20). The Morgan fingerprint density at radius 3 is 2.32 bits per heavy atom. The zero-order chi connectivity index (χ0) is 16.5. The van der Waals surface area contributed by atoms with Crippen molar-refractivity contribution in [2.45, 2.75) is 75.8 Å². The number of amides is 2. The SMILES string of the molecule is COC1CC(NC(=O)OC(C)(C)C)(C(O)C(=O)NC2CC2)C1. The Balaban J connectivity index is 2.00. The largest absolute Gasteiger partial charge is 0.444 e. The van der Waals surface area contributed by atoms with Crippen LogP contribution >= 0.6 is 0 Å². The summed E-state index contributed by atoms with van der Waals surface area (Å²) in [4.78, 5) is 24.1. The van der Waals surface area contributed by atoms with Crippen LogP contribution in [0.15, 0.2) is 0 Å². The molecule has 7 nitrogen and oxygen atoms in total. The van der Waals surface area contributed by atoms with Gasteiger partial charge in [0.1, 0.15) is 5.60 Å². The van der Waals surface area contributed by atoms with Crippen LogP contribution in [-0.2, 0) is 14.3 Å². The summed E-state index contributed by atoms with van der Waals surface area (Å²) in [5, 5.41) is 15.8. The lowest BCUT2D eigenvalue weighted by Gasteiger charge is -2.49. The van der Waals surface area contributed by atoms with Crippen molar-refractivity contribution >= 4 is 12.0 Å². The maximum atomic E-state index is 12.1. The molecule has 0 spiro atoms. The van der Waals surface area contributed by atoms with Crippen molar-refractivity contribution in [1.29, 1.82) is 0 Å². The van der Waals surface area contributed by atoms with E-state index in [1.165, 1.54) is 0 Å². The third-order valence-corrected chi connectivity index (χ3v) is 3.96. The van der Waals surface area contributed by atoms with Crippen LogP contribution < -0.4 is 10.6 Å². The molecule has 0 bridgehead atoms. The van der Waals surface area contributed by atoms with Crippen LogP contribution in [0, 0.1) is 0 Å². The molecule has 3 N–H and O–H groups in total. The van der Waals surface area contributed by atoms with Crippen LogP contribution in [0.5, 0.6) is 0 Å². The molecule has 0 aliphatic heterocycles. The average Bonchev–Trinajstić information content (AvgIpc) is 3.13. The molecular formula is C15H26N2O5. The number of rotatable bonds is 5. The highest BCUT2D eigenvalue weighted by Crippen LogP contribution is 2.38. The highest BCUT2D eigenvalue weighted by atomic mass is 16.6. The molecule has 0 heterocycles. The van der Waals surface area contributed by atoms with Gasteiger partial charge in [-0.25, -0.2) is 4.79 Å². The number of carbonyl (C=O) groups is 2. The molecule has 126 valence electrons. The zero-order valence-corrected chi connectivity index (χ0v) is 13.6. The molecule has 1 unspecified atom stereocenters. The molecule has 2 aliphatic carbocycles. The molecule has 1 atom stereocenters. The summed E-state index contributed by atoms with van der Waals surface area (Å²) in [5.41, 5.74) is -1.67. The first-order valence-electron chi connectivity index (χ1n) is 7.67. The van der Waals surface area contributed by atoms with E-state index in [0.717, 1.165) is 12.8 Å². The van der Waals surface area contributed by atoms with E-state index in [0.29, 0.717) is 12.8 Å². The molecule has 0 saturated heterocycles. The molecule has 2 amide bonds. The Bertz CT molecular complexity index is 436. The Hall–Kier alpha value is -1.34. The lowest BCUT2D eigenvalue weighted by molar-refractivity contribution is -0.143. The predicted molar refractivity (Wildman–Crippen MR) is 79.3 cm³/mol. The summed E-state index contributed by atoms with van der Waals surface area (Å²) in [6.07, 6.45) is 0.590. The van der Waals surface area contributed by atoms with Crippen molar-refractivity contribution in [2.75, 3.05) is 7.11 Å². The quantitative estimate of drug-likeness (QED) is 0.694. The first-order valence-corrected chi connectivity index (χ1v) is 7.67. The first-order chi connectivity index (χ1) is 10.1. The van der Waals surface area contributed by atoms with Gasteiger partial charge in [0.25, 0.3) is 5.91 Å². The van der Waals surface area contributed by atoms with Gasteiger partial charge in [0.05, 0.1) is 11.6 Å². The number of methoxy groups -OCH3 is 1.